The van der Waals surface area contributed by atoms with E-state index in [1.165, 1.54) is 6.08 Å². The van der Waals surface area contributed by atoms with Gasteiger partial charge in [0.1, 0.15) is 0 Å². The van der Waals surface area contributed by atoms with E-state index in [0.29, 0.717) is 18.4 Å². The number of rotatable bonds is 8. The second-order valence-corrected chi connectivity index (χ2v) is 7.69. The molecule has 1 fully saturated rings. The number of aromatic nitrogens is 6. The van der Waals surface area contributed by atoms with Crippen LogP contribution in [0.1, 0.15) is 35.8 Å². The van der Waals surface area contributed by atoms with E-state index in [-0.39, 0.29) is 6.61 Å². The third kappa shape index (κ3) is 4.64. The summed E-state index contributed by atoms with van der Waals surface area (Å²) in [6.45, 7) is 0.689. The molecular formula is C24H22N6O2. The van der Waals surface area contributed by atoms with Gasteiger partial charge in [-0.3, -0.25) is 4.68 Å². The van der Waals surface area contributed by atoms with E-state index in [4.69, 9.17) is 9.84 Å². The zero-order valence-electron chi connectivity index (χ0n) is 17.4. The summed E-state index contributed by atoms with van der Waals surface area (Å²) in [4.78, 5) is 12.3. The zero-order chi connectivity index (χ0) is 21.8. The highest BCUT2D eigenvalue weighted by Gasteiger charge is 2.27. The predicted molar refractivity (Wildman–Crippen MR) is 118 cm³/mol. The quantitative estimate of drug-likeness (QED) is 0.316. The van der Waals surface area contributed by atoms with Crippen LogP contribution in [0.15, 0.2) is 72.9 Å². The van der Waals surface area contributed by atoms with Crippen LogP contribution >= 0.6 is 0 Å². The lowest BCUT2D eigenvalue weighted by Gasteiger charge is -2.02. The van der Waals surface area contributed by atoms with Gasteiger partial charge in [-0.05, 0) is 34.9 Å². The van der Waals surface area contributed by atoms with Crippen molar-refractivity contribution in [2.75, 3.05) is 0 Å². The van der Waals surface area contributed by atoms with Gasteiger partial charge in [-0.1, -0.05) is 60.7 Å². The molecule has 1 aliphatic carbocycles. The molecule has 0 unspecified atom stereocenters. The van der Waals surface area contributed by atoms with Crippen molar-refractivity contribution in [3.05, 3.63) is 89.9 Å². The average Bonchev–Trinajstić information content (AvgIpc) is 3.43. The molecule has 32 heavy (non-hydrogen) atoms. The first-order chi connectivity index (χ1) is 15.8. The topological polar surface area (TPSA) is 87.7 Å². The number of benzene rings is 2. The molecule has 0 spiro atoms. The fourth-order valence-electron chi connectivity index (χ4n) is 3.48. The largest absolute Gasteiger partial charge is 0.454 e. The SMILES string of the molecule is O=C(/C=C/c1cn(Cc2ccccc2)nc1-c1ccccc1)OCc1nnnn1C1CC1. The van der Waals surface area contributed by atoms with Crippen LogP contribution in [0.3, 0.4) is 0 Å². The highest BCUT2D eigenvalue weighted by atomic mass is 16.5. The molecule has 2 aromatic heterocycles. The first kappa shape index (κ1) is 19.9. The van der Waals surface area contributed by atoms with E-state index in [9.17, 15) is 4.79 Å². The summed E-state index contributed by atoms with van der Waals surface area (Å²) in [6.07, 6.45) is 7.21. The minimum absolute atomic E-state index is 0.0471. The van der Waals surface area contributed by atoms with Crippen LogP contribution in [0.4, 0.5) is 0 Å². The van der Waals surface area contributed by atoms with Gasteiger partial charge in [-0.2, -0.15) is 5.10 Å². The molecule has 8 heteroatoms. The van der Waals surface area contributed by atoms with E-state index in [1.807, 2.05) is 59.4 Å². The molecule has 160 valence electrons. The van der Waals surface area contributed by atoms with Crippen LogP contribution in [0.5, 0.6) is 0 Å². The van der Waals surface area contributed by atoms with Crippen LogP contribution in [0.2, 0.25) is 0 Å². The molecule has 5 rings (SSSR count). The Morgan fingerprint density at radius 2 is 1.81 bits per heavy atom. The van der Waals surface area contributed by atoms with E-state index >= 15 is 0 Å². The summed E-state index contributed by atoms with van der Waals surface area (Å²) in [5.74, 6) is 0.111. The van der Waals surface area contributed by atoms with E-state index < -0.39 is 5.97 Å². The normalized spacial score (nSPS) is 13.5. The summed E-state index contributed by atoms with van der Waals surface area (Å²) in [5, 5.41) is 16.4. The van der Waals surface area contributed by atoms with Crippen LogP contribution < -0.4 is 0 Å². The molecule has 8 nitrogen and oxygen atoms in total. The maximum absolute atomic E-state index is 12.3. The van der Waals surface area contributed by atoms with Gasteiger partial charge in [0.2, 0.25) is 0 Å². The average molecular weight is 426 g/mol. The van der Waals surface area contributed by atoms with Gasteiger partial charge < -0.3 is 4.74 Å². The van der Waals surface area contributed by atoms with Crippen molar-refractivity contribution in [2.45, 2.75) is 32.0 Å². The molecule has 0 atom stereocenters. The molecule has 0 radical (unpaired) electrons. The Kier molecular flexibility index (Phi) is 5.57. The molecule has 0 amide bonds. The standard InChI is InChI=1S/C24H22N6O2/c31-23(32-17-22-25-27-28-30(22)21-12-13-21)14-11-20-16-29(15-18-7-3-1-4-8-18)26-24(20)19-9-5-2-6-10-19/h1-11,14,16,21H,12-13,15,17H2/b14-11+. The minimum atomic E-state index is -0.454. The van der Waals surface area contributed by atoms with E-state index in [2.05, 4.69) is 27.7 Å². The maximum atomic E-state index is 12.3. The first-order valence-electron chi connectivity index (χ1n) is 10.5. The van der Waals surface area contributed by atoms with Gasteiger partial charge in [0, 0.05) is 23.4 Å². The molecule has 4 aromatic rings. The Morgan fingerprint density at radius 1 is 1.06 bits per heavy atom. The summed E-state index contributed by atoms with van der Waals surface area (Å²) in [5.41, 5.74) is 3.78. The molecular weight excluding hydrogens is 404 g/mol. The van der Waals surface area contributed by atoms with Gasteiger partial charge in [0.25, 0.3) is 0 Å². The molecule has 1 saturated carbocycles. The highest BCUT2D eigenvalue weighted by Crippen LogP contribution is 2.34. The second kappa shape index (κ2) is 8.97. The molecule has 2 heterocycles. The Morgan fingerprint density at radius 3 is 2.56 bits per heavy atom. The lowest BCUT2D eigenvalue weighted by molar-refractivity contribution is -0.139. The third-order valence-corrected chi connectivity index (χ3v) is 5.22. The smallest absolute Gasteiger partial charge is 0.331 e. The van der Waals surface area contributed by atoms with Crippen LogP contribution in [0.25, 0.3) is 17.3 Å². The summed E-state index contributed by atoms with van der Waals surface area (Å²) < 4.78 is 8.97. The second-order valence-electron chi connectivity index (χ2n) is 7.69. The number of hydrogen-bond acceptors (Lipinski definition) is 6. The Labute approximate surface area is 185 Å². The first-order valence-corrected chi connectivity index (χ1v) is 10.5. The number of carbonyl (C=O) groups is 1. The van der Waals surface area contributed by atoms with Crippen LogP contribution in [-0.2, 0) is 22.7 Å². The van der Waals surface area contributed by atoms with Gasteiger partial charge in [-0.15, -0.1) is 5.10 Å². The fourth-order valence-corrected chi connectivity index (χ4v) is 3.48. The van der Waals surface area contributed by atoms with Gasteiger partial charge in [0.05, 0.1) is 18.3 Å². The van der Waals surface area contributed by atoms with Crippen molar-refractivity contribution in [3.8, 4) is 11.3 Å². The van der Waals surface area contributed by atoms with Crippen molar-refractivity contribution >= 4 is 12.0 Å². The minimum Gasteiger partial charge on any atom is -0.454 e. The monoisotopic (exact) mass is 426 g/mol. The van der Waals surface area contributed by atoms with Crippen LogP contribution in [0, 0.1) is 0 Å². The van der Waals surface area contributed by atoms with E-state index in [0.717, 1.165) is 35.2 Å². The molecule has 1 aliphatic rings. The highest BCUT2D eigenvalue weighted by molar-refractivity contribution is 5.88. The number of hydrogen-bond donors (Lipinski definition) is 0. The number of tetrazole rings is 1. The third-order valence-electron chi connectivity index (χ3n) is 5.22. The van der Waals surface area contributed by atoms with Gasteiger partial charge >= 0.3 is 5.97 Å². The number of carbonyl (C=O) groups excluding carboxylic acids is 1. The van der Waals surface area contributed by atoms with Crippen molar-refractivity contribution in [3.63, 3.8) is 0 Å². The maximum Gasteiger partial charge on any atom is 0.331 e. The number of ether oxygens (including phenoxy) is 1. The van der Waals surface area contributed by atoms with Crippen molar-refractivity contribution < 1.29 is 9.53 Å². The Bertz CT molecular complexity index is 1230. The zero-order valence-corrected chi connectivity index (χ0v) is 17.4. The van der Waals surface area contributed by atoms with Crippen molar-refractivity contribution in [1.29, 1.82) is 0 Å². The summed E-state index contributed by atoms with van der Waals surface area (Å²) in [7, 11) is 0. The Balaban J connectivity index is 1.32. The summed E-state index contributed by atoms with van der Waals surface area (Å²) >= 11 is 0. The van der Waals surface area contributed by atoms with Crippen LogP contribution in [-0.4, -0.2) is 36.0 Å². The Hall–Kier alpha value is -4.07. The lowest BCUT2D eigenvalue weighted by Crippen LogP contribution is -2.08. The fraction of sp³-hybridized carbons (Fsp3) is 0.208. The lowest BCUT2D eigenvalue weighted by atomic mass is 10.1. The van der Waals surface area contributed by atoms with Crippen molar-refractivity contribution in [2.24, 2.45) is 0 Å². The van der Waals surface area contributed by atoms with Gasteiger partial charge in [0.15, 0.2) is 12.4 Å². The molecule has 0 bridgehead atoms. The van der Waals surface area contributed by atoms with Gasteiger partial charge in [-0.25, -0.2) is 9.48 Å². The molecule has 0 saturated heterocycles. The van der Waals surface area contributed by atoms with Crippen molar-refractivity contribution in [1.82, 2.24) is 30.0 Å². The number of esters is 1. The molecule has 0 N–H and O–H groups in total. The molecule has 0 aliphatic heterocycles. The van der Waals surface area contributed by atoms with E-state index in [1.54, 1.807) is 10.8 Å². The molecule has 2 aromatic carbocycles. The summed E-state index contributed by atoms with van der Waals surface area (Å²) in [6, 6.07) is 20.4. The predicted octanol–water partition coefficient (Wildman–Crippen LogP) is 3.68. The number of nitrogens with zero attached hydrogens (tertiary/aromatic N) is 6.